The molecule has 11 nitrogen and oxygen atoms in total. The lowest BCUT2D eigenvalue weighted by Crippen LogP contribution is -2.37. The molecule has 0 spiro atoms. The van der Waals surface area contributed by atoms with Crippen molar-refractivity contribution >= 4 is 53.5 Å². The van der Waals surface area contributed by atoms with Gasteiger partial charge in [0, 0.05) is 39.7 Å². The molecule has 180 valence electrons. The van der Waals surface area contributed by atoms with Crippen LogP contribution < -0.4 is 4.90 Å². The summed E-state index contributed by atoms with van der Waals surface area (Å²) in [6, 6.07) is 0. The molecule has 0 bridgehead atoms. The molecule has 2 aromatic heterocycles. The SMILES string of the molecule is C=N/C=C(\C=N/CN(C)C=O)c1nc(N2CCOCC2)c2[nH]c(Cl)nc2n1.COC(C)(C)C. The highest BCUT2D eigenvalue weighted by Gasteiger charge is 2.20. The van der Waals surface area contributed by atoms with Crippen LogP contribution in [-0.2, 0) is 14.3 Å². The van der Waals surface area contributed by atoms with Crippen molar-refractivity contribution in [2.45, 2.75) is 26.4 Å². The number of rotatable bonds is 7. The Morgan fingerprint density at radius 3 is 2.58 bits per heavy atom. The number of carbonyl (C=O) groups excluding carboxylic acids is 1. The van der Waals surface area contributed by atoms with Crippen molar-refractivity contribution in [3.05, 3.63) is 17.3 Å². The first-order chi connectivity index (χ1) is 15.7. The molecule has 1 N–H and O–H groups in total. The van der Waals surface area contributed by atoms with Gasteiger partial charge in [0.05, 0.1) is 24.4 Å². The highest BCUT2D eigenvalue weighted by atomic mass is 35.5. The van der Waals surface area contributed by atoms with Gasteiger partial charge < -0.3 is 24.3 Å². The number of H-pyrrole nitrogens is 1. The first-order valence-electron chi connectivity index (χ1n) is 10.3. The number of allylic oxidation sites excluding steroid dienone is 1. The Balaban J connectivity index is 0.000000569. The highest BCUT2D eigenvalue weighted by molar-refractivity contribution is 6.29. The average molecular weight is 479 g/mol. The minimum absolute atomic E-state index is 0.0417. The van der Waals surface area contributed by atoms with Crippen LogP contribution in [0.25, 0.3) is 16.7 Å². The van der Waals surface area contributed by atoms with Gasteiger partial charge in [-0.1, -0.05) is 0 Å². The third-order valence-corrected chi connectivity index (χ3v) is 4.61. The summed E-state index contributed by atoms with van der Waals surface area (Å²) in [5, 5.41) is 0.236. The third kappa shape index (κ3) is 8.19. The minimum atomic E-state index is 0.0417. The van der Waals surface area contributed by atoms with E-state index in [0.717, 1.165) is 0 Å². The van der Waals surface area contributed by atoms with Crippen LogP contribution in [0.4, 0.5) is 5.82 Å². The van der Waals surface area contributed by atoms with E-state index in [-0.39, 0.29) is 17.6 Å². The fourth-order valence-electron chi connectivity index (χ4n) is 2.54. The average Bonchev–Trinajstić information content (AvgIpc) is 3.18. The molecule has 1 amide bonds. The second kappa shape index (κ2) is 12.4. The molecule has 1 saturated heterocycles. The molecule has 2 aromatic rings. The van der Waals surface area contributed by atoms with Gasteiger partial charge in [-0.15, -0.1) is 0 Å². The van der Waals surface area contributed by atoms with E-state index in [0.29, 0.717) is 61.1 Å². The fraction of sp³-hybridized carbons (Fsp3) is 0.524. The molecule has 1 aliphatic heterocycles. The van der Waals surface area contributed by atoms with Crippen molar-refractivity contribution in [3.8, 4) is 0 Å². The highest BCUT2D eigenvalue weighted by Crippen LogP contribution is 2.26. The number of anilines is 1. The van der Waals surface area contributed by atoms with Gasteiger partial charge in [-0.3, -0.25) is 14.8 Å². The van der Waals surface area contributed by atoms with Crippen LogP contribution in [0.2, 0.25) is 5.28 Å². The number of fused-ring (bicyclic) bond motifs is 1. The monoisotopic (exact) mass is 478 g/mol. The molecule has 1 fully saturated rings. The van der Waals surface area contributed by atoms with E-state index < -0.39 is 0 Å². The van der Waals surface area contributed by atoms with Gasteiger partial charge in [0.25, 0.3) is 0 Å². The lowest BCUT2D eigenvalue weighted by molar-refractivity contribution is -0.116. The summed E-state index contributed by atoms with van der Waals surface area (Å²) in [5.41, 5.74) is 1.69. The van der Waals surface area contributed by atoms with Crippen molar-refractivity contribution in [1.29, 1.82) is 0 Å². The molecule has 12 heteroatoms. The number of amides is 1. The maximum Gasteiger partial charge on any atom is 0.210 e. The topological polar surface area (TPSA) is 121 Å². The maximum absolute atomic E-state index is 10.7. The van der Waals surface area contributed by atoms with E-state index >= 15 is 0 Å². The number of aromatic nitrogens is 4. The molecule has 0 unspecified atom stereocenters. The summed E-state index contributed by atoms with van der Waals surface area (Å²) < 4.78 is 10.4. The molecule has 0 aliphatic carbocycles. The van der Waals surface area contributed by atoms with Crippen molar-refractivity contribution in [2.75, 3.05) is 52.0 Å². The van der Waals surface area contributed by atoms with E-state index in [1.807, 2.05) is 20.8 Å². The van der Waals surface area contributed by atoms with Crippen molar-refractivity contribution in [1.82, 2.24) is 24.8 Å². The second-order valence-electron chi connectivity index (χ2n) is 8.10. The quantitative estimate of drug-likeness (QED) is 0.368. The van der Waals surface area contributed by atoms with Crippen LogP contribution in [0.5, 0.6) is 0 Å². The van der Waals surface area contributed by atoms with Gasteiger partial charge in [-0.2, -0.15) is 4.98 Å². The zero-order valence-electron chi connectivity index (χ0n) is 19.7. The summed E-state index contributed by atoms with van der Waals surface area (Å²) >= 11 is 6.04. The molecule has 0 radical (unpaired) electrons. The molecule has 0 saturated carbocycles. The molecular formula is C21H31ClN8O3. The second-order valence-corrected chi connectivity index (χ2v) is 8.45. The van der Waals surface area contributed by atoms with Gasteiger partial charge in [0.1, 0.15) is 12.2 Å². The molecular weight excluding hydrogens is 448 g/mol. The van der Waals surface area contributed by atoms with Gasteiger partial charge >= 0.3 is 0 Å². The Labute approximate surface area is 198 Å². The Kier molecular flexibility index (Phi) is 9.89. The lowest BCUT2D eigenvalue weighted by atomic mass is 10.2. The Hall–Kier alpha value is -2.89. The van der Waals surface area contributed by atoms with E-state index in [1.165, 1.54) is 11.1 Å². The van der Waals surface area contributed by atoms with Crippen LogP contribution >= 0.6 is 11.6 Å². The number of morpholine rings is 1. The number of hydrogen-bond donors (Lipinski definition) is 1. The predicted molar refractivity (Wildman–Crippen MR) is 131 cm³/mol. The number of nitrogens with zero attached hydrogens (tertiary/aromatic N) is 7. The van der Waals surface area contributed by atoms with Crippen LogP contribution in [0.15, 0.2) is 16.2 Å². The van der Waals surface area contributed by atoms with Crippen LogP contribution in [0.3, 0.4) is 0 Å². The van der Waals surface area contributed by atoms with E-state index in [4.69, 9.17) is 21.1 Å². The first kappa shape index (κ1) is 26.4. The lowest BCUT2D eigenvalue weighted by Gasteiger charge is -2.28. The van der Waals surface area contributed by atoms with Crippen molar-refractivity contribution < 1.29 is 14.3 Å². The zero-order valence-corrected chi connectivity index (χ0v) is 20.5. The van der Waals surface area contributed by atoms with Crippen molar-refractivity contribution in [2.24, 2.45) is 9.98 Å². The molecule has 3 rings (SSSR count). The van der Waals surface area contributed by atoms with E-state index in [2.05, 4.69) is 41.5 Å². The van der Waals surface area contributed by atoms with E-state index in [9.17, 15) is 4.79 Å². The summed E-state index contributed by atoms with van der Waals surface area (Å²) in [5.74, 6) is 1.07. The smallest absolute Gasteiger partial charge is 0.210 e. The normalized spacial score (nSPS) is 14.8. The largest absolute Gasteiger partial charge is 0.379 e. The summed E-state index contributed by atoms with van der Waals surface area (Å²) in [6.45, 7) is 12.4. The first-order valence-corrected chi connectivity index (χ1v) is 10.7. The number of halogens is 1. The number of carbonyl (C=O) groups is 1. The van der Waals surface area contributed by atoms with Gasteiger partial charge in [-0.25, -0.2) is 9.97 Å². The number of nitrogens with one attached hydrogen (secondary N) is 1. The number of imidazole rings is 1. The Morgan fingerprint density at radius 1 is 1.33 bits per heavy atom. The molecule has 0 atom stereocenters. The number of hydrogen-bond acceptors (Lipinski definition) is 9. The zero-order chi connectivity index (χ0) is 24.4. The fourth-order valence-corrected chi connectivity index (χ4v) is 2.71. The number of ether oxygens (including phenoxy) is 2. The van der Waals surface area contributed by atoms with Crippen molar-refractivity contribution in [3.63, 3.8) is 0 Å². The standard InChI is InChI=1S/C16H19ClN8O2.C5H12O/c1-18-7-11(8-19-9-24(2)10-26)13-21-14-12(20-16(17)23-14)15(22-13)25-3-5-27-6-4-25;1-5(2,3)6-4/h7-8,10H,1,3-6,9H2,2H3,(H,20,21,22,23);1-4H3/b11-7+,19-8-;. The van der Waals surface area contributed by atoms with Gasteiger partial charge in [-0.05, 0) is 39.1 Å². The molecule has 33 heavy (non-hydrogen) atoms. The molecule has 0 aromatic carbocycles. The molecule has 1 aliphatic rings. The van der Waals surface area contributed by atoms with Crippen LogP contribution in [0, 0.1) is 0 Å². The predicted octanol–water partition coefficient (Wildman–Crippen LogP) is 2.43. The Bertz CT molecular complexity index is 993. The summed E-state index contributed by atoms with van der Waals surface area (Å²) in [6.07, 6.45) is 3.74. The van der Waals surface area contributed by atoms with Gasteiger partial charge in [0.15, 0.2) is 17.3 Å². The van der Waals surface area contributed by atoms with Crippen LogP contribution in [0.1, 0.15) is 26.6 Å². The summed E-state index contributed by atoms with van der Waals surface area (Å²) in [7, 11) is 3.34. The summed E-state index contributed by atoms with van der Waals surface area (Å²) in [4.78, 5) is 38.5. The minimum Gasteiger partial charge on any atom is -0.379 e. The Morgan fingerprint density at radius 2 is 2.00 bits per heavy atom. The van der Waals surface area contributed by atoms with E-state index in [1.54, 1.807) is 20.4 Å². The third-order valence-electron chi connectivity index (χ3n) is 4.43. The number of aliphatic imine (C=N–C) groups is 2. The van der Waals surface area contributed by atoms with Gasteiger partial charge in [0.2, 0.25) is 11.7 Å². The molecule has 3 heterocycles. The van der Waals surface area contributed by atoms with Crippen LogP contribution in [-0.4, -0.2) is 96.9 Å². The number of methoxy groups -OCH3 is 1. The maximum atomic E-state index is 10.7. The number of aromatic amines is 1.